The number of anilines is 1. The SMILES string of the molecule is Cc1ccc(-c2nn(-c3ccccc3)cc2C(=O)Nc2cc(-c3nnc4n3CCCCC4)ccc2F)o1. The zero-order valence-corrected chi connectivity index (χ0v) is 20.3. The van der Waals surface area contributed by atoms with Crippen LogP contribution in [0.3, 0.4) is 0 Å². The van der Waals surface area contributed by atoms with Crippen LogP contribution in [-0.2, 0) is 13.0 Å². The van der Waals surface area contributed by atoms with Gasteiger partial charge in [-0.3, -0.25) is 4.79 Å². The standard InChI is InChI=1S/C28H25FN6O2/c1-18-11-14-24(37-18)26-21(17-35(33-26)20-8-4-2-5-9-20)28(36)30-23-16-19(12-13-22(23)29)27-32-31-25-10-6-3-7-15-34(25)27/h2,4-5,8-9,11-14,16-17H,3,6-7,10,15H2,1H3,(H,30,36). The van der Waals surface area contributed by atoms with Crippen LogP contribution in [0.2, 0.25) is 0 Å². The lowest BCUT2D eigenvalue weighted by Crippen LogP contribution is -2.13. The molecule has 0 bridgehead atoms. The van der Waals surface area contributed by atoms with Gasteiger partial charge in [0.1, 0.15) is 23.1 Å². The number of hydrogen-bond acceptors (Lipinski definition) is 5. The largest absolute Gasteiger partial charge is 0.460 e. The highest BCUT2D eigenvalue weighted by Crippen LogP contribution is 2.29. The highest BCUT2D eigenvalue weighted by molar-refractivity contribution is 6.08. The van der Waals surface area contributed by atoms with Crippen molar-refractivity contribution in [2.75, 3.05) is 5.32 Å². The molecule has 186 valence electrons. The van der Waals surface area contributed by atoms with Gasteiger partial charge in [-0.2, -0.15) is 5.10 Å². The minimum Gasteiger partial charge on any atom is -0.460 e. The van der Waals surface area contributed by atoms with E-state index in [-0.39, 0.29) is 11.3 Å². The number of halogens is 1. The number of aromatic nitrogens is 5. The molecule has 4 heterocycles. The maximum atomic E-state index is 14.9. The van der Waals surface area contributed by atoms with Crippen molar-refractivity contribution in [1.29, 1.82) is 0 Å². The smallest absolute Gasteiger partial charge is 0.259 e. The van der Waals surface area contributed by atoms with Crippen molar-refractivity contribution in [2.24, 2.45) is 0 Å². The number of carbonyl (C=O) groups is 1. The van der Waals surface area contributed by atoms with Crippen molar-refractivity contribution in [1.82, 2.24) is 24.5 Å². The van der Waals surface area contributed by atoms with Crippen molar-refractivity contribution < 1.29 is 13.6 Å². The molecular formula is C28H25FN6O2. The van der Waals surface area contributed by atoms with E-state index in [1.165, 1.54) is 6.07 Å². The van der Waals surface area contributed by atoms with Gasteiger partial charge in [0.15, 0.2) is 11.6 Å². The van der Waals surface area contributed by atoms with E-state index < -0.39 is 11.7 Å². The zero-order chi connectivity index (χ0) is 25.4. The molecular weight excluding hydrogens is 471 g/mol. The molecule has 6 rings (SSSR count). The third-order valence-corrected chi connectivity index (χ3v) is 6.54. The van der Waals surface area contributed by atoms with Gasteiger partial charge in [0.2, 0.25) is 0 Å². The monoisotopic (exact) mass is 496 g/mol. The van der Waals surface area contributed by atoms with Gasteiger partial charge in [0.25, 0.3) is 5.91 Å². The Kier molecular flexibility index (Phi) is 5.88. The number of nitrogens with one attached hydrogen (secondary N) is 1. The first-order valence-corrected chi connectivity index (χ1v) is 12.3. The number of benzene rings is 2. The lowest BCUT2D eigenvalue weighted by molar-refractivity contribution is 0.102. The van der Waals surface area contributed by atoms with E-state index in [1.54, 1.807) is 29.1 Å². The summed E-state index contributed by atoms with van der Waals surface area (Å²) in [6, 6.07) is 17.6. The zero-order valence-electron chi connectivity index (χ0n) is 20.3. The van der Waals surface area contributed by atoms with Gasteiger partial charge >= 0.3 is 0 Å². The fraction of sp³-hybridized carbons (Fsp3) is 0.214. The van der Waals surface area contributed by atoms with E-state index in [4.69, 9.17) is 4.42 Å². The molecule has 37 heavy (non-hydrogen) atoms. The second kappa shape index (κ2) is 9.50. The first kappa shape index (κ1) is 22.9. The predicted octanol–water partition coefficient (Wildman–Crippen LogP) is 5.82. The summed E-state index contributed by atoms with van der Waals surface area (Å²) in [6.07, 6.45) is 5.76. The Hall–Kier alpha value is -4.53. The Balaban J connectivity index is 1.35. The van der Waals surface area contributed by atoms with Crippen LogP contribution in [0.4, 0.5) is 10.1 Å². The molecule has 1 N–H and O–H groups in total. The fourth-order valence-electron chi connectivity index (χ4n) is 4.65. The van der Waals surface area contributed by atoms with Crippen molar-refractivity contribution in [3.63, 3.8) is 0 Å². The maximum Gasteiger partial charge on any atom is 0.259 e. The quantitative estimate of drug-likeness (QED) is 0.331. The van der Waals surface area contributed by atoms with Crippen LogP contribution < -0.4 is 5.32 Å². The second-order valence-corrected chi connectivity index (χ2v) is 9.13. The van der Waals surface area contributed by atoms with Gasteiger partial charge < -0.3 is 14.3 Å². The Labute approximate surface area is 212 Å². The van der Waals surface area contributed by atoms with E-state index in [1.807, 2.05) is 43.3 Å². The summed E-state index contributed by atoms with van der Waals surface area (Å²) in [5.41, 5.74) is 2.17. The number of hydrogen-bond donors (Lipinski definition) is 1. The third-order valence-electron chi connectivity index (χ3n) is 6.54. The molecule has 5 aromatic rings. The minimum atomic E-state index is -0.543. The van der Waals surface area contributed by atoms with Crippen LogP contribution in [0, 0.1) is 12.7 Å². The molecule has 8 nitrogen and oxygen atoms in total. The summed E-state index contributed by atoms with van der Waals surface area (Å²) in [6.45, 7) is 2.64. The molecule has 3 aromatic heterocycles. The molecule has 0 aliphatic carbocycles. The number of rotatable bonds is 5. The van der Waals surface area contributed by atoms with Crippen LogP contribution in [0.15, 0.2) is 71.3 Å². The number of carbonyl (C=O) groups excluding carboxylic acids is 1. The molecule has 0 spiro atoms. The third kappa shape index (κ3) is 4.44. The van der Waals surface area contributed by atoms with Gasteiger partial charge in [-0.05, 0) is 62.2 Å². The van der Waals surface area contributed by atoms with E-state index in [0.29, 0.717) is 28.6 Å². The Bertz CT molecular complexity index is 1580. The van der Waals surface area contributed by atoms with Crippen molar-refractivity contribution in [3.05, 3.63) is 89.8 Å². The average Bonchev–Trinajstić information content (AvgIpc) is 3.61. The summed E-state index contributed by atoms with van der Waals surface area (Å²) in [4.78, 5) is 13.5. The molecule has 0 saturated heterocycles. The van der Waals surface area contributed by atoms with E-state index in [9.17, 15) is 9.18 Å². The van der Waals surface area contributed by atoms with Crippen LogP contribution in [0.25, 0.3) is 28.5 Å². The van der Waals surface area contributed by atoms with Crippen molar-refractivity contribution >= 4 is 11.6 Å². The van der Waals surface area contributed by atoms with Crippen LogP contribution in [0.1, 0.15) is 41.2 Å². The number of amides is 1. The summed E-state index contributed by atoms with van der Waals surface area (Å²) in [5.74, 6) is 1.73. The van der Waals surface area contributed by atoms with E-state index in [2.05, 4.69) is 25.2 Å². The molecule has 9 heteroatoms. The molecule has 0 saturated carbocycles. The van der Waals surface area contributed by atoms with Gasteiger partial charge in [-0.25, -0.2) is 9.07 Å². The second-order valence-electron chi connectivity index (χ2n) is 9.13. The normalized spacial score (nSPS) is 13.2. The highest BCUT2D eigenvalue weighted by atomic mass is 19.1. The first-order valence-electron chi connectivity index (χ1n) is 12.3. The number of aryl methyl sites for hydroxylation is 2. The summed E-state index contributed by atoms with van der Waals surface area (Å²) in [7, 11) is 0. The molecule has 0 unspecified atom stereocenters. The molecule has 1 aliphatic rings. The molecule has 1 aliphatic heterocycles. The van der Waals surface area contributed by atoms with Crippen LogP contribution >= 0.6 is 0 Å². The molecule has 0 atom stereocenters. The first-order chi connectivity index (χ1) is 18.1. The lowest BCUT2D eigenvalue weighted by atomic mass is 10.1. The summed E-state index contributed by atoms with van der Waals surface area (Å²) >= 11 is 0. The Morgan fingerprint density at radius 1 is 1.03 bits per heavy atom. The lowest BCUT2D eigenvalue weighted by Gasteiger charge is -2.10. The predicted molar refractivity (Wildman–Crippen MR) is 137 cm³/mol. The number of fused-ring (bicyclic) bond motifs is 1. The van der Waals surface area contributed by atoms with Gasteiger partial charge in [-0.1, -0.05) is 24.6 Å². The molecule has 0 radical (unpaired) electrons. The van der Waals surface area contributed by atoms with Crippen molar-refractivity contribution in [3.8, 4) is 28.5 Å². The average molecular weight is 497 g/mol. The summed E-state index contributed by atoms with van der Waals surface area (Å²) in [5, 5.41) is 16.1. The van der Waals surface area contributed by atoms with Gasteiger partial charge in [-0.15, -0.1) is 10.2 Å². The summed E-state index contributed by atoms with van der Waals surface area (Å²) < 4.78 is 24.4. The van der Waals surface area contributed by atoms with Gasteiger partial charge in [0, 0.05) is 24.7 Å². The molecule has 1 amide bonds. The Morgan fingerprint density at radius 3 is 2.70 bits per heavy atom. The van der Waals surface area contributed by atoms with E-state index in [0.717, 1.165) is 43.7 Å². The minimum absolute atomic E-state index is 0.0579. The fourth-order valence-corrected chi connectivity index (χ4v) is 4.65. The maximum absolute atomic E-state index is 14.9. The number of para-hydroxylation sites is 1. The van der Waals surface area contributed by atoms with Crippen LogP contribution in [-0.4, -0.2) is 30.5 Å². The van der Waals surface area contributed by atoms with Gasteiger partial charge in [0.05, 0.1) is 16.9 Å². The molecule has 0 fully saturated rings. The molecule has 2 aromatic carbocycles. The van der Waals surface area contributed by atoms with Crippen LogP contribution in [0.5, 0.6) is 0 Å². The topological polar surface area (TPSA) is 90.8 Å². The van der Waals surface area contributed by atoms with E-state index >= 15 is 0 Å². The van der Waals surface area contributed by atoms with Crippen molar-refractivity contribution in [2.45, 2.75) is 39.2 Å². The number of nitrogens with zero attached hydrogens (tertiary/aromatic N) is 5. The highest BCUT2D eigenvalue weighted by Gasteiger charge is 2.23. The Morgan fingerprint density at radius 2 is 1.89 bits per heavy atom. The number of furan rings is 1.